The number of nitrogens with one attached hydrogen (secondary N) is 2. The average molecular weight is 723 g/mol. The molecule has 7 rings (SSSR count). The summed E-state index contributed by atoms with van der Waals surface area (Å²) in [5.41, 5.74) is 3.26. The van der Waals surface area contributed by atoms with E-state index in [1.165, 1.54) is 0 Å². The highest BCUT2D eigenvalue weighted by Gasteiger charge is 2.61. The second-order valence-corrected chi connectivity index (χ2v) is 18.8. The number of benzene rings is 2. The van der Waals surface area contributed by atoms with Crippen LogP contribution >= 0.6 is 34.4 Å². The number of thioether (sulfide) groups is 1. The number of ether oxygens (including phenoxy) is 2. The van der Waals surface area contributed by atoms with E-state index in [0.717, 1.165) is 100 Å². The Kier molecular flexibility index (Phi) is 9.15. The van der Waals surface area contributed by atoms with Crippen LogP contribution in [0.5, 0.6) is 0 Å². The first-order valence-corrected chi connectivity index (χ1v) is 19.7. The first-order valence-electron chi connectivity index (χ1n) is 17.2. The zero-order chi connectivity index (χ0) is 34.6. The number of nitrogens with zero attached hydrogens (tertiary/aromatic N) is 4. The molecule has 0 aliphatic carbocycles. The maximum Gasteiger partial charge on any atom is 0.411 e. The molecule has 3 aliphatic heterocycles. The molecule has 10 nitrogen and oxygen atoms in total. The summed E-state index contributed by atoms with van der Waals surface area (Å²) in [6.45, 7) is 14.5. The number of hydrogen-bond donors (Lipinski definition) is 2. The molecule has 5 heterocycles. The molecule has 0 radical (unpaired) electrons. The number of carbonyl (C=O) groups is 2. The van der Waals surface area contributed by atoms with E-state index in [-0.39, 0.29) is 28.3 Å². The first-order chi connectivity index (χ1) is 23.3. The van der Waals surface area contributed by atoms with Gasteiger partial charge in [-0.15, -0.1) is 11.8 Å². The maximum absolute atomic E-state index is 12.8. The van der Waals surface area contributed by atoms with Crippen LogP contribution in [0, 0.1) is 0 Å². The predicted molar refractivity (Wildman–Crippen MR) is 202 cm³/mol. The Bertz CT molecular complexity index is 1860. The summed E-state index contributed by atoms with van der Waals surface area (Å²) < 4.78 is 13.6. The van der Waals surface area contributed by atoms with E-state index in [0.29, 0.717) is 0 Å². The molecule has 13 heteroatoms. The minimum absolute atomic E-state index is 0.0208. The van der Waals surface area contributed by atoms with Gasteiger partial charge < -0.3 is 25.0 Å². The van der Waals surface area contributed by atoms with E-state index in [1.54, 1.807) is 22.7 Å². The Morgan fingerprint density at radius 3 is 2.02 bits per heavy atom. The van der Waals surface area contributed by atoms with E-state index < -0.39 is 11.2 Å². The minimum Gasteiger partial charge on any atom is -0.444 e. The Balaban J connectivity index is 0.959. The van der Waals surface area contributed by atoms with Crippen molar-refractivity contribution in [2.24, 2.45) is 0 Å². The van der Waals surface area contributed by atoms with Gasteiger partial charge in [0.05, 0.1) is 30.6 Å². The molecule has 3 unspecified atom stereocenters. The van der Waals surface area contributed by atoms with Gasteiger partial charge in [0.2, 0.25) is 0 Å². The second kappa shape index (κ2) is 13.1. The van der Waals surface area contributed by atoms with Gasteiger partial charge in [0.25, 0.3) is 0 Å². The van der Waals surface area contributed by atoms with Gasteiger partial charge in [-0.05, 0) is 109 Å². The molecule has 3 fully saturated rings. The number of likely N-dealkylation sites (tertiary alicyclic amines) is 2. The predicted octanol–water partition coefficient (Wildman–Crippen LogP) is 9.03. The Morgan fingerprint density at radius 2 is 1.41 bits per heavy atom. The van der Waals surface area contributed by atoms with E-state index in [1.807, 2.05) is 63.1 Å². The van der Waals surface area contributed by atoms with Crippen molar-refractivity contribution in [3.63, 3.8) is 0 Å². The van der Waals surface area contributed by atoms with Crippen molar-refractivity contribution in [2.45, 2.75) is 101 Å². The number of rotatable bonds is 8. The molecule has 4 aromatic rings. The van der Waals surface area contributed by atoms with Crippen molar-refractivity contribution in [1.82, 2.24) is 19.8 Å². The monoisotopic (exact) mass is 722 g/mol. The number of piperidine rings is 1. The van der Waals surface area contributed by atoms with Crippen LogP contribution < -0.4 is 10.6 Å². The third-order valence-corrected chi connectivity index (χ3v) is 12.7. The van der Waals surface area contributed by atoms with Crippen molar-refractivity contribution in [1.29, 1.82) is 0 Å². The number of carbonyl (C=O) groups excluding carboxylic acids is 2. The molecule has 3 atom stereocenters. The SMILES string of the molecule is CC(C)(C)OC(=O)N1CCCC1CCNc1nc2ccc(-c3ccc4nc(NCC56CCCN(C(=O)OC(C)(C)C)C5S6)sc4c3)cc2s1. The lowest BCUT2D eigenvalue weighted by Crippen LogP contribution is -2.46. The van der Waals surface area contributed by atoms with Gasteiger partial charge in [0.1, 0.15) is 11.2 Å². The topological polar surface area (TPSA) is 109 Å². The van der Waals surface area contributed by atoms with Gasteiger partial charge in [-0.25, -0.2) is 19.6 Å². The molecule has 0 bridgehead atoms. The summed E-state index contributed by atoms with van der Waals surface area (Å²) in [5.74, 6) is 0. The molecule has 3 saturated heterocycles. The highest BCUT2D eigenvalue weighted by Crippen LogP contribution is 2.60. The number of fused-ring (bicyclic) bond motifs is 3. The lowest BCUT2D eigenvalue weighted by molar-refractivity contribution is 0.0192. The van der Waals surface area contributed by atoms with Crippen LogP contribution in [-0.2, 0) is 9.47 Å². The quantitative estimate of drug-likeness (QED) is 0.172. The standard InChI is InChI=1S/C36H46N6O4S3/c1-34(2,3)45-32(43)41-17-7-9-24(41)14-16-37-30-39-25-12-10-22(19-27(25)47-30)23-11-13-26-28(20-23)48-31(40-26)38-21-36-15-8-18-42(29(36)49-36)33(44)46-35(4,5)6/h10-13,19-20,24,29H,7-9,14-18,21H2,1-6H3,(H,37,39)(H,38,40). The molecule has 2 N–H and O–H groups in total. The Morgan fingerprint density at radius 1 is 0.837 bits per heavy atom. The summed E-state index contributed by atoms with van der Waals surface area (Å²) >= 11 is 5.19. The molecule has 0 saturated carbocycles. The van der Waals surface area contributed by atoms with Crippen LogP contribution in [-0.4, -0.2) is 85.5 Å². The van der Waals surface area contributed by atoms with Crippen LogP contribution in [0.1, 0.15) is 73.6 Å². The molecule has 2 aromatic carbocycles. The third kappa shape index (κ3) is 7.73. The van der Waals surface area contributed by atoms with E-state index in [2.05, 4.69) is 47.0 Å². The lowest BCUT2D eigenvalue weighted by atomic mass is 9.98. The maximum atomic E-state index is 12.8. The van der Waals surface area contributed by atoms with Crippen molar-refractivity contribution in [3.05, 3.63) is 36.4 Å². The van der Waals surface area contributed by atoms with Gasteiger partial charge in [0, 0.05) is 32.2 Å². The van der Waals surface area contributed by atoms with Crippen LogP contribution in [0.15, 0.2) is 36.4 Å². The van der Waals surface area contributed by atoms with Crippen molar-refractivity contribution < 1.29 is 19.1 Å². The minimum atomic E-state index is -0.494. The molecule has 49 heavy (non-hydrogen) atoms. The third-order valence-electron chi connectivity index (χ3n) is 9.06. The normalized spacial score (nSPS) is 22.3. The molecule has 2 aromatic heterocycles. The van der Waals surface area contributed by atoms with Crippen molar-refractivity contribution in [2.75, 3.05) is 36.8 Å². The molecule has 0 spiro atoms. The van der Waals surface area contributed by atoms with Crippen LogP contribution in [0.25, 0.3) is 31.6 Å². The van der Waals surface area contributed by atoms with E-state index in [4.69, 9.17) is 19.4 Å². The van der Waals surface area contributed by atoms with Gasteiger partial charge in [-0.3, -0.25) is 4.90 Å². The van der Waals surface area contributed by atoms with Gasteiger partial charge in [0.15, 0.2) is 10.3 Å². The fraction of sp³-hybridized carbons (Fsp3) is 0.556. The number of amides is 2. The number of hydrogen-bond acceptors (Lipinski definition) is 11. The molecular weight excluding hydrogens is 677 g/mol. The van der Waals surface area contributed by atoms with E-state index >= 15 is 0 Å². The summed E-state index contributed by atoms with van der Waals surface area (Å²) in [6.07, 6.45) is 4.50. The second-order valence-electron chi connectivity index (χ2n) is 15.3. The van der Waals surface area contributed by atoms with Crippen molar-refractivity contribution >= 4 is 77.3 Å². The molecule has 2 amide bonds. The Hall–Kier alpha value is -3.29. The van der Waals surface area contributed by atoms with Gasteiger partial charge in [-0.1, -0.05) is 34.8 Å². The number of aromatic nitrogens is 2. The fourth-order valence-corrected chi connectivity index (χ4v) is 10.0. The van der Waals surface area contributed by atoms with Gasteiger partial charge in [-0.2, -0.15) is 0 Å². The molecule has 262 valence electrons. The molecular formula is C36H46N6O4S3. The van der Waals surface area contributed by atoms with E-state index in [9.17, 15) is 9.59 Å². The van der Waals surface area contributed by atoms with Crippen LogP contribution in [0.3, 0.4) is 0 Å². The summed E-state index contributed by atoms with van der Waals surface area (Å²) in [4.78, 5) is 38.9. The van der Waals surface area contributed by atoms with Crippen molar-refractivity contribution in [3.8, 4) is 11.1 Å². The smallest absolute Gasteiger partial charge is 0.411 e. The Labute approximate surface area is 300 Å². The number of anilines is 2. The highest BCUT2D eigenvalue weighted by molar-refractivity contribution is 8.08. The van der Waals surface area contributed by atoms with Crippen LogP contribution in [0.2, 0.25) is 0 Å². The lowest BCUT2D eigenvalue weighted by Gasteiger charge is -2.32. The molecule has 3 aliphatic rings. The fourth-order valence-electron chi connectivity index (χ4n) is 6.74. The summed E-state index contributed by atoms with van der Waals surface area (Å²) in [7, 11) is 0. The zero-order valence-electron chi connectivity index (χ0n) is 29.1. The summed E-state index contributed by atoms with van der Waals surface area (Å²) in [6, 6.07) is 13.1. The highest BCUT2D eigenvalue weighted by atomic mass is 32.2. The van der Waals surface area contributed by atoms with Crippen LogP contribution in [0.4, 0.5) is 19.9 Å². The number of thiazole rings is 2. The van der Waals surface area contributed by atoms with Gasteiger partial charge >= 0.3 is 12.2 Å². The zero-order valence-corrected chi connectivity index (χ0v) is 31.6. The summed E-state index contributed by atoms with van der Waals surface area (Å²) in [5, 5.41) is 9.06. The average Bonchev–Trinajstić information content (AvgIpc) is 3.33. The largest absolute Gasteiger partial charge is 0.444 e. The first kappa shape index (κ1) is 34.2.